The normalized spacial score (nSPS) is 26.4. The second kappa shape index (κ2) is 6.70. The number of esters is 1. The van der Waals surface area contributed by atoms with Crippen LogP contribution in [0.4, 0.5) is 0 Å². The molecule has 0 aliphatic carbocycles. The molecule has 0 spiro atoms. The smallest absolute Gasteiger partial charge is 0.332 e. The third kappa shape index (κ3) is 3.68. The van der Waals surface area contributed by atoms with Crippen LogP contribution in [0.5, 0.6) is 0 Å². The van der Waals surface area contributed by atoms with Gasteiger partial charge in [0.05, 0.1) is 6.61 Å². The fourth-order valence-corrected chi connectivity index (χ4v) is 2.18. The quantitative estimate of drug-likeness (QED) is 0.554. The van der Waals surface area contributed by atoms with Crippen LogP contribution in [-0.2, 0) is 14.3 Å². The van der Waals surface area contributed by atoms with Crippen molar-refractivity contribution in [1.82, 2.24) is 10.4 Å². The molecule has 3 N–H and O–H groups in total. The van der Waals surface area contributed by atoms with Gasteiger partial charge in [0, 0.05) is 12.1 Å². The fraction of sp³-hybridized carbons (Fsp3) is 0.833. The fourth-order valence-electron chi connectivity index (χ4n) is 2.18. The standard InChI is InChI=1S/C12H23N3O3/c1-4-18-12(17)10(13)11(16)14-15-8(2)6-5-7-9(15)3/h8-10H,4-7,13H2,1-3H3,(H,14,16). The summed E-state index contributed by atoms with van der Waals surface area (Å²) in [5, 5.41) is 1.88. The summed E-state index contributed by atoms with van der Waals surface area (Å²) in [7, 11) is 0. The summed E-state index contributed by atoms with van der Waals surface area (Å²) in [6.07, 6.45) is 3.21. The molecule has 18 heavy (non-hydrogen) atoms. The van der Waals surface area contributed by atoms with Gasteiger partial charge >= 0.3 is 5.97 Å². The first kappa shape index (κ1) is 14.9. The van der Waals surface area contributed by atoms with Crippen LogP contribution in [0.1, 0.15) is 40.0 Å². The molecule has 3 atom stereocenters. The average molecular weight is 257 g/mol. The van der Waals surface area contributed by atoms with Crippen molar-refractivity contribution in [2.24, 2.45) is 5.73 Å². The zero-order chi connectivity index (χ0) is 13.7. The van der Waals surface area contributed by atoms with Crippen molar-refractivity contribution in [3.63, 3.8) is 0 Å². The van der Waals surface area contributed by atoms with Crippen LogP contribution in [0.2, 0.25) is 0 Å². The first-order valence-electron chi connectivity index (χ1n) is 6.48. The van der Waals surface area contributed by atoms with E-state index in [0.29, 0.717) is 0 Å². The van der Waals surface area contributed by atoms with E-state index in [9.17, 15) is 9.59 Å². The maximum absolute atomic E-state index is 11.8. The molecule has 1 aliphatic heterocycles. The van der Waals surface area contributed by atoms with Crippen molar-refractivity contribution in [2.75, 3.05) is 6.61 Å². The van der Waals surface area contributed by atoms with Crippen LogP contribution < -0.4 is 11.2 Å². The number of hydrazine groups is 1. The molecule has 1 rings (SSSR count). The van der Waals surface area contributed by atoms with Crippen LogP contribution in [0.15, 0.2) is 0 Å². The maximum Gasteiger partial charge on any atom is 0.332 e. The number of hydrogen-bond acceptors (Lipinski definition) is 5. The Balaban J connectivity index is 2.54. The highest BCUT2D eigenvalue weighted by atomic mass is 16.5. The minimum atomic E-state index is -1.26. The van der Waals surface area contributed by atoms with Crippen molar-refractivity contribution in [3.05, 3.63) is 0 Å². The predicted molar refractivity (Wildman–Crippen MR) is 67.4 cm³/mol. The van der Waals surface area contributed by atoms with Crippen LogP contribution in [-0.4, -0.2) is 41.6 Å². The van der Waals surface area contributed by atoms with Crippen LogP contribution >= 0.6 is 0 Å². The molecule has 0 bridgehead atoms. The average Bonchev–Trinajstić information content (AvgIpc) is 2.33. The van der Waals surface area contributed by atoms with E-state index in [4.69, 9.17) is 10.5 Å². The number of carbonyl (C=O) groups is 2. The third-order valence-electron chi connectivity index (χ3n) is 3.26. The van der Waals surface area contributed by atoms with Gasteiger partial charge in [-0.25, -0.2) is 9.80 Å². The third-order valence-corrected chi connectivity index (χ3v) is 3.26. The Morgan fingerprint density at radius 1 is 1.39 bits per heavy atom. The van der Waals surface area contributed by atoms with Gasteiger partial charge in [-0.15, -0.1) is 0 Å². The molecule has 0 aromatic carbocycles. The zero-order valence-electron chi connectivity index (χ0n) is 11.3. The molecule has 0 aromatic heterocycles. The van der Waals surface area contributed by atoms with Gasteiger partial charge in [0.25, 0.3) is 5.91 Å². The molecule has 0 saturated carbocycles. The highest BCUT2D eigenvalue weighted by Gasteiger charge is 2.30. The van der Waals surface area contributed by atoms with E-state index in [1.165, 1.54) is 0 Å². The summed E-state index contributed by atoms with van der Waals surface area (Å²) in [6.45, 7) is 5.99. The maximum atomic E-state index is 11.8. The molecule has 1 heterocycles. The lowest BCUT2D eigenvalue weighted by Crippen LogP contribution is -2.59. The minimum absolute atomic E-state index is 0.219. The van der Waals surface area contributed by atoms with Gasteiger partial charge in [-0.3, -0.25) is 10.2 Å². The number of nitrogens with zero attached hydrogens (tertiary/aromatic N) is 1. The lowest BCUT2D eigenvalue weighted by atomic mass is 10.00. The van der Waals surface area contributed by atoms with Crippen LogP contribution in [0.3, 0.4) is 0 Å². The van der Waals surface area contributed by atoms with Crippen molar-refractivity contribution in [3.8, 4) is 0 Å². The molecule has 0 radical (unpaired) electrons. The lowest BCUT2D eigenvalue weighted by molar-refractivity contribution is -0.150. The Hall–Kier alpha value is -1.14. The number of rotatable bonds is 4. The Labute approximate surface area is 108 Å². The van der Waals surface area contributed by atoms with E-state index >= 15 is 0 Å². The number of piperidine rings is 1. The highest BCUT2D eigenvalue weighted by Crippen LogP contribution is 2.20. The Kier molecular flexibility index (Phi) is 5.55. The van der Waals surface area contributed by atoms with E-state index in [2.05, 4.69) is 5.43 Å². The molecular formula is C12H23N3O3. The van der Waals surface area contributed by atoms with Gasteiger partial charge in [-0.1, -0.05) is 6.42 Å². The highest BCUT2D eigenvalue weighted by molar-refractivity contribution is 6.01. The molecule has 1 fully saturated rings. The number of carbonyl (C=O) groups excluding carboxylic acids is 2. The second-order valence-electron chi connectivity index (χ2n) is 4.74. The Morgan fingerprint density at radius 3 is 2.44 bits per heavy atom. The van der Waals surface area contributed by atoms with E-state index in [0.717, 1.165) is 19.3 Å². The second-order valence-corrected chi connectivity index (χ2v) is 4.74. The molecule has 6 heteroatoms. The predicted octanol–water partition coefficient (Wildman–Crippen LogP) is 0.171. The largest absolute Gasteiger partial charge is 0.464 e. The van der Waals surface area contributed by atoms with Crippen LogP contribution in [0.25, 0.3) is 0 Å². The van der Waals surface area contributed by atoms with Gasteiger partial charge in [0.15, 0.2) is 6.04 Å². The Morgan fingerprint density at radius 2 is 1.94 bits per heavy atom. The molecular weight excluding hydrogens is 234 g/mol. The number of nitrogens with two attached hydrogens (primary N) is 1. The molecule has 1 aliphatic rings. The molecule has 104 valence electrons. The molecule has 6 nitrogen and oxygen atoms in total. The van der Waals surface area contributed by atoms with Gasteiger partial charge in [0.1, 0.15) is 0 Å². The van der Waals surface area contributed by atoms with Crippen molar-refractivity contribution in [2.45, 2.75) is 58.2 Å². The first-order chi connectivity index (χ1) is 8.47. The monoisotopic (exact) mass is 257 g/mol. The summed E-state index contributed by atoms with van der Waals surface area (Å²) < 4.78 is 4.72. The first-order valence-corrected chi connectivity index (χ1v) is 6.48. The minimum Gasteiger partial charge on any atom is -0.464 e. The van der Waals surface area contributed by atoms with Crippen molar-refractivity contribution >= 4 is 11.9 Å². The van der Waals surface area contributed by atoms with E-state index in [1.807, 2.05) is 18.9 Å². The summed E-state index contributed by atoms with van der Waals surface area (Å²) in [5.41, 5.74) is 8.27. The van der Waals surface area contributed by atoms with E-state index in [-0.39, 0.29) is 18.7 Å². The molecule has 1 amide bonds. The SMILES string of the molecule is CCOC(=O)C(N)C(=O)NN1C(C)CCCC1C. The molecule has 0 aromatic rings. The summed E-state index contributed by atoms with van der Waals surface area (Å²) in [5.74, 6) is -1.19. The van der Waals surface area contributed by atoms with Gasteiger partial charge < -0.3 is 10.5 Å². The van der Waals surface area contributed by atoms with Crippen LogP contribution in [0, 0.1) is 0 Å². The number of nitrogens with one attached hydrogen (secondary N) is 1. The van der Waals surface area contributed by atoms with E-state index in [1.54, 1.807) is 6.92 Å². The lowest BCUT2D eigenvalue weighted by Gasteiger charge is -2.39. The summed E-state index contributed by atoms with van der Waals surface area (Å²) in [6, 6.07) is -0.745. The Bertz CT molecular complexity index is 299. The number of amides is 1. The molecule has 1 saturated heterocycles. The topological polar surface area (TPSA) is 84.7 Å². The van der Waals surface area contributed by atoms with E-state index < -0.39 is 17.9 Å². The van der Waals surface area contributed by atoms with Gasteiger partial charge in [0.2, 0.25) is 0 Å². The van der Waals surface area contributed by atoms with Gasteiger partial charge in [-0.2, -0.15) is 0 Å². The summed E-state index contributed by atoms with van der Waals surface area (Å²) >= 11 is 0. The zero-order valence-corrected chi connectivity index (χ0v) is 11.3. The van der Waals surface area contributed by atoms with Crippen molar-refractivity contribution < 1.29 is 14.3 Å². The number of ether oxygens (including phenoxy) is 1. The number of hydrogen-bond donors (Lipinski definition) is 2. The summed E-state index contributed by atoms with van der Waals surface area (Å²) in [4.78, 5) is 23.2. The van der Waals surface area contributed by atoms with Crippen molar-refractivity contribution in [1.29, 1.82) is 0 Å². The molecule has 3 unspecified atom stereocenters. The van der Waals surface area contributed by atoms with Gasteiger partial charge in [-0.05, 0) is 33.6 Å².